The fraction of sp³-hybridized carbons (Fsp3) is 0.421. The summed E-state index contributed by atoms with van der Waals surface area (Å²) in [5, 5.41) is 10.9. The maximum atomic E-state index is 12.4. The average Bonchev–Trinajstić information content (AvgIpc) is 2.54. The van der Waals surface area contributed by atoms with E-state index in [0.29, 0.717) is 28.6 Å². The lowest BCUT2D eigenvalue weighted by Crippen LogP contribution is -2.16. The molecule has 0 saturated heterocycles. The number of rotatable bonds is 7. The molecule has 0 aliphatic heterocycles. The Hall–Kier alpha value is -2.03. The second-order valence-electron chi connectivity index (χ2n) is 5.75. The van der Waals surface area contributed by atoms with Crippen molar-refractivity contribution < 1.29 is 5.21 Å². The van der Waals surface area contributed by atoms with Crippen molar-refractivity contribution in [2.24, 2.45) is 0 Å². The van der Waals surface area contributed by atoms with Crippen LogP contribution in [0.2, 0.25) is 0 Å². The quantitative estimate of drug-likeness (QED) is 0.460. The van der Waals surface area contributed by atoms with E-state index in [1.54, 1.807) is 19.1 Å². The number of hydrogen-bond donors (Lipinski definition) is 1. The van der Waals surface area contributed by atoms with E-state index in [2.05, 4.69) is 19.1 Å². The number of unbranched alkanes of at least 4 members (excludes halogenated alkanes) is 4. The predicted molar refractivity (Wildman–Crippen MR) is 91.7 cm³/mol. The summed E-state index contributed by atoms with van der Waals surface area (Å²) >= 11 is 0. The van der Waals surface area contributed by atoms with Crippen molar-refractivity contribution in [3.05, 3.63) is 57.9 Å². The number of benzene rings is 1. The molecule has 1 heterocycles. The molecule has 118 valence electrons. The number of aromatic nitrogens is 1. The highest BCUT2D eigenvalue weighted by Gasteiger charge is 2.11. The van der Waals surface area contributed by atoms with Crippen molar-refractivity contribution in [3.8, 4) is 0 Å². The first-order chi connectivity index (χ1) is 10.7. The number of nitrogens with zero attached hydrogens (tertiary/aromatic N) is 1. The van der Waals surface area contributed by atoms with Crippen LogP contribution in [0.4, 0.5) is 0 Å². The van der Waals surface area contributed by atoms with Gasteiger partial charge in [0, 0.05) is 17.4 Å². The Morgan fingerprint density at radius 1 is 1.14 bits per heavy atom. The highest BCUT2D eigenvalue weighted by atomic mass is 16.5. The SMILES string of the molecule is CCCCCC/C=C\Cc1c(C)c(=O)c2ccccc2n1O. The summed E-state index contributed by atoms with van der Waals surface area (Å²) in [6, 6.07) is 7.18. The zero-order valence-corrected chi connectivity index (χ0v) is 13.5. The third-order valence-electron chi connectivity index (χ3n) is 4.11. The predicted octanol–water partition coefficient (Wildman–Crippen LogP) is 4.62. The molecule has 0 bridgehead atoms. The smallest absolute Gasteiger partial charge is 0.192 e. The van der Waals surface area contributed by atoms with Gasteiger partial charge in [-0.1, -0.05) is 50.5 Å². The highest BCUT2D eigenvalue weighted by Crippen LogP contribution is 2.15. The number of hydrogen-bond acceptors (Lipinski definition) is 2. The molecule has 1 aromatic heterocycles. The van der Waals surface area contributed by atoms with Crippen LogP contribution in [0.15, 0.2) is 41.2 Å². The zero-order valence-electron chi connectivity index (χ0n) is 13.5. The Kier molecular flexibility index (Phi) is 5.82. The van der Waals surface area contributed by atoms with E-state index in [4.69, 9.17) is 0 Å². The zero-order chi connectivity index (χ0) is 15.9. The van der Waals surface area contributed by atoms with Crippen molar-refractivity contribution in [1.29, 1.82) is 0 Å². The Labute approximate surface area is 131 Å². The van der Waals surface area contributed by atoms with Crippen LogP contribution in [-0.2, 0) is 6.42 Å². The van der Waals surface area contributed by atoms with Gasteiger partial charge in [-0.15, -0.1) is 0 Å². The van der Waals surface area contributed by atoms with Gasteiger partial charge in [-0.05, 0) is 31.9 Å². The van der Waals surface area contributed by atoms with Gasteiger partial charge in [0.2, 0.25) is 0 Å². The lowest BCUT2D eigenvalue weighted by molar-refractivity contribution is 0.189. The van der Waals surface area contributed by atoms with Crippen LogP contribution in [0.3, 0.4) is 0 Å². The Balaban J connectivity index is 2.15. The molecule has 3 nitrogen and oxygen atoms in total. The Morgan fingerprint density at radius 3 is 2.68 bits per heavy atom. The third-order valence-corrected chi connectivity index (χ3v) is 4.11. The maximum Gasteiger partial charge on any atom is 0.192 e. The van der Waals surface area contributed by atoms with E-state index in [0.717, 1.165) is 11.2 Å². The van der Waals surface area contributed by atoms with Gasteiger partial charge < -0.3 is 5.21 Å². The topological polar surface area (TPSA) is 42.2 Å². The molecular weight excluding hydrogens is 274 g/mol. The van der Waals surface area contributed by atoms with E-state index in [1.165, 1.54) is 25.7 Å². The minimum atomic E-state index is 0.00671. The molecule has 0 radical (unpaired) electrons. The molecule has 0 aliphatic rings. The molecule has 22 heavy (non-hydrogen) atoms. The molecule has 0 unspecified atom stereocenters. The minimum Gasteiger partial charge on any atom is -0.428 e. The second kappa shape index (κ2) is 7.83. The summed E-state index contributed by atoms with van der Waals surface area (Å²) in [7, 11) is 0. The van der Waals surface area contributed by atoms with Crippen LogP contribution in [-0.4, -0.2) is 9.94 Å². The molecule has 0 atom stereocenters. The van der Waals surface area contributed by atoms with Gasteiger partial charge in [0.1, 0.15) is 0 Å². The summed E-state index contributed by atoms with van der Waals surface area (Å²) in [5.41, 5.74) is 1.88. The fourth-order valence-electron chi connectivity index (χ4n) is 2.73. The van der Waals surface area contributed by atoms with Gasteiger partial charge in [0.05, 0.1) is 11.2 Å². The first-order valence-corrected chi connectivity index (χ1v) is 8.14. The molecule has 2 aromatic rings. The number of fused-ring (bicyclic) bond motifs is 1. The van der Waals surface area contributed by atoms with Crippen molar-refractivity contribution in [2.45, 2.75) is 52.4 Å². The molecule has 1 aromatic carbocycles. The monoisotopic (exact) mass is 299 g/mol. The molecule has 0 saturated carbocycles. The van der Waals surface area contributed by atoms with Crippen molar-refractivity contribution >= 4 is 10.9 Å². The van der Waals surface area contributed by atoms with Crippen LogP contribution >= 0.6 is 0 Å². The molecule has 3 heteroatoms. The number of para-hydroxylation sites is 1. The average molecular weight is 299 g/mol. The van der Waals surface area contributed by atoms with Gasteiger partial charge in [0.25, 0.3) is 0 Å². The normalized spacial score (nSPS) is 11.5. The molecule has 0 spiro atoms. The van der Waals surface area contributed by atoms with Gasteiger partial charge >= 0.3 is 0 Å². The summed E-state index contributed by atoms with van der Waals surface area (Å²) < 4.78 is 1.16. The lowest BCUT2D eigenvalue weighted by atomic mass is 10.1. The van der Waals surface area contributed by atoms with Crippen LogP contribution < -0.4 is 5.43 Å². The van der Waals surface area contributed by atoms with E-state index < -0.39 is 0 Å². The van der Waals surface area contributed by atoms with Crippen LogP contribution in [0, 0.1) is 6.92 Å². The van der Waals surface area contributed by atoms with Crippen LogP contribution in [0.5, 0.6) is 0 Å². The van der Waals surface area contributed by atoms with Gasteiger partial charge in [-0.3, -0.25) is 4.79 Å². The fourth-order valence-corrected chi connectivity index (χ4v) is 2.73. The maximum absolute atomic E-state index is 12.4. The molecule has 2 rings (SSSR count). The Bertz CT molecular complexity index is 713. The van der Waals surface area contributed by atoms with Crippen molar-refractivity contribution in [1.82, 2.24) is 4.73 Å². The molecule has 0 aliphatic carbocycles. The van der Waals surface area contributed by atoms with E-state index in [9.17, 15) is 10.0 Å². The largest absolute Gasteiger partial charge is 0.428 e. The number of allylic oxidation sites excluding steroid dienone is 2. The van der Waals surface area contributed by atoms with Crippen LogP contribution in [0.1, 0.15) is 50.3 Å². The Morgan fingerprint density at radius 2 is 1.91 bits per heavy atom. The van der Waals surface area contributed by atoms with Crippen molar-refractivity contribution in [2.75, 3.05) is 0 Å². The molecular formula is C19H25NO2. The van der Waals surface area contributed by atoms with Gasteiger partial charge in [-0.25, -0.2) is 0 Å². The van der Waals surface area contributed by atoms with E-state index in [1.807, 2.05) is 12.1 Å². The first-order valence-electron chi connectivity index (χ1n) is 8.14. The summed E-state index contributed by atoms with van der Waals surface area (Å²) in [4.78, 5) is 12.4. The standard InChI is InChI=1S/C19H25NO2/c1-3-4-5-6-7-8-9-13-17-15(2)19(21)16-12-10-11-14-18(16)20(17)22/h8-12,14,22H,3-7,13H2,1-2H3/b9-8-. The second-order valence-corrected chi connectivity index (χ2v) is 5.75. The van der Waals surface area contributed by atoms with E-state index >= 15 is 0 Å². The highest BCUT2D eigenvalue weighted by molar-refractivity contribution is 5.79. The summed E-state index contributed by atoms with van der Waals surface area (Å²) in [6.07, 6.45) is 10.8. The molecule has 0 fully saturated rings. The van der Waals surface area contributed by atoms with Gasteiger partial charge in [0.15, 0.2) is 5.43 Å². The summed E-state index contributed by atoms with van der Waals surface area (Å²) in [6.45, 7) is 3.99. The third kappa shape index (κ3) is 3.59. The number of pyridine rings is 1. The van der Waals surface area contributed by atoms with E-state index in [-0.39, 0.29) is 5.43 Å². The summed E-state index contributed by atoms with van der Waals surface area (Å²) in [5.74, 6) is 0. The van der Waals surface area contributed by atoms with Crippen LogP contribution in [0.25, 0.3) is 10.9 Å². The lowest BCUT2D eigenvalue weighted by Gasteiger charge is -2.12. The minimum absolute atomic E-state index is 0.00671. The molecule has 0 amide bonds. The first kappa shape index (κ1) is 16.3. The van der Waals surface area contributed by atoms with Gasteiger partial charge in [-0.2, -0.15) is 4.73 Å². The molecule has 1 N–H and O–H groups in total. The van der Waals surface area contributed by atoms with Crippen molar-refractivity contribution in [3.63, 3.8) is 0 Å².